The minimum absolute atomic E-state index is 0.0116. The fourth-order valence-electron chi connectivity index (χ4n) is 2.55. The van der Waals surface area contributed by atoms with Crippen molar-refractivity contribution in [3.05, 3.63) is 35.6 Å². The summed E-state index contributed by atoms with van der Waals surface area (Å²) in [6, 6.07) is 4.56. The van der Waals surface area contributed by atoms with Gasteiger partial charge >= 0.3 is 0 Å². The fourth-order valence-corrected chi connectivity index (χ4v) is 4.46. The Morgan fingerprint density at radius 2 is 2.23 bits per heavy atom. The maximum absolute atomic E-state index is 12.8. The van der Waals surface area contributed by atoms with Crippen molar-refractivity contribution in [3.63, 3.8) is 0 Å². The van der Waals surface area contributed by atoms with E-state index in [9.17, 15) is 8.42 Å². The lowest BCUT2D eigenvalue weighted by molar-refractivity contribution is 0.395. The van der Waals surface area contributed by atoms with E-state index in [0.29, 0.717) is 24.5 Å². The number of benzene rings is 1. The molecule has 3 rings (SSSR count). The Labute approximate surface area is 133 Å². The minimum atomic E-state index is -3.67. The second kappa shape index (κ2) is 5.86. The van der Waals surface area contributed by atoms with Gasteiger partial charge in [-0.15, -0.1) is 5.10 Å². The number of hydrogen-bond acceptors (Lipinski definition) is 5. The molecule has 9 heteroatoms. The molecule has 1 aliphatic rings. The number of aromatic nitrogens is 3. The highest BCUT2D eigenvalue weighted by molar-refractivity contribution is 7.89. The molecular weight excluding hydrogens is 328 g/mol. The molecule has 0 bridgehead atoms. The summed E-state index contributed by atoms with van der Waals surface area (Å²) in [4.78, 5) is 0.0849. The van der Waals surface area contributed by atoms with E-state index in [-0.39, 0.29) is 16.7 Å². The van der Waals surface area contributed by atoms with E-state index >= 15 is 0 Å². The number of nitrogens with zero attached hydrogens (tertiary/aromatic N) is 4. The smallest absolute Gasteiger partial charge is 0.246 e. The molecule has 1 saturated heterocycles. The first kappa shape index (κ1) is 15.3. The van der Waals surface area contributed by atoms with Crippen LogP contribution < -0.4 is 4.74 Å². The second-order valence-corrected chi connectivity index (χ2v) is 7.33. The summed E-state index contributed by atoms with van der Waals surface area (Å²) in [5, 5.41) is 8.05. The molecule has 1 aromatic heterocycles. The molecular formula is C13H15ClN4O3S. The predicted octanol–water partition coefficient (Wildman–Crippen LogP) is 1.58. The van der Waals surface area contributed by atoms with Crippen LogP contribution in [0.3, 0.4) is 0 Å². The highest BCUT2D eigenvalue weighted by Gasteiger charge is 2.35. The number of hydrogen-bond donors (Lipinski definition) is 0. The molecule has 1 unspecified atom stereocenters. The van der Waals surface area contributed by atoms with Crippen LogP contribution in [0.15, 0.2) is 35.5 Å². The molecule has 0 amide bonds. The molecule has 1 aliphatic heterocycles. The Hall–Kier alpha value is -1.64. The summed E-state index contributed by atoms with van der Waals surface area (Å²) >= 11 is 5.94. The maximum Gasteiger partial charge on any atom is 0.246 e. The van der Waals surface area contributed by atoms with Crippen LogP contribution in [0.1, 0.15) is 12.5 Å². The maximum atomic E-state index is 12.8. The van der Waals surface area contributed by atoms with Gasteiger partial charge in [-0.25, -0.2) is 13.1 Å². The quantitative estimate of drug-likeness (QED) is 0.843. The fraction of sp³-hybridized carbons (Fsp3) is 0.385. The molecule has 0 spiro atoms. The van der Waals surface area contributed by atoms with Crippen molar-refractivity contribution < 1.29 is 13.2 Å². The highest BCUT2D eigenvalue weighted by atomic mass is 35.5. The summed E-state index contributed by atoms with van der Waals surface area (Å²) in [6.45, 7) is 0.768. The van der Waals surface area contributed by atoms with E-state index in [2.05, 4.69) is 10.3 Å². The van der Waals surface area contributed by atoms with Gasteiger partial charge in [0.15, 0.2) is 0 Å². The van der Waals surface area contributed by atoms with Gasteiger partial charge in [-0.05, 0) is 24.6 Å². The van der Waals surface area contributed by atoms with Gasteiger partial charge in [0.1, 0.15) is 10.6 Å². The van der Waals surface area contributed by atoms with Crippen LogP contribution in [-0.2, 0) is 10.0 Å². The van der Waals surface area contributed by atoms with Crippen molar-refractivity contribution >= 4 is 21.6 Å². The lowest BCUT2D eigenvalue weighted by Gasteiger charge is -2.18. The number of methoxy groups -OCH3 is 1. The minimum Gasteiger partial charge on any atom is -0.495 e. The zero-order chi connectivity index (χ0) is 15.7. The van der Waals surface area contributed by atoms with Gasteiger partial charge in [0.05, 0.1) is 19.3 Å². The number of rotatable bonds is 4. The van der Waals surface area contributed by atoms with Crippen LogP contribution in [0, 0.1) is 0 Å². The van der Waals surface area contributed by atoms with Crippen LogP contribution in [-0.4, -0.2) is 47.9 Å². The van der Waals surface area contributed by atoms with Crippen molar-refractivity contribution in [1.82, 2.24) is 19.3 Å². The van der Waals surface area contributed by atoms with Gasteiger partial charge in [0.2, 0.25) is 10.0 Å². The van der Waals surface area contributed by atoms with Crippen LogP contribution in [0.5, 0.6) is 5.75 Å². The monoisotopic (exact) mass is 342 g/mol. The summed E-state index contributed by atoms with van der Waals surface area (Å²) < 4.78 is 33.9. The summed E-state index contributed by atoms with van der Waals surface area (Å²) in [6.07, 6.45) is 4.00. The first-order valence-electron chi connectivity index (χ1n) is 6.72. The molecule has 7 nitrogen and oxygen atoms in total. The van der Waals surface area contributed by atoms with Gasteiger partial charge in [-0.2, -0.15) is 4.31 Å². The van der Waals surface area contributed by atoms with E-state index < -0.39 is 10.0 Å². The SMILES string of the molecule is COc1ccc(Cl)cc1S(=O)(=O)N1CCC(n2ccnn2)C1. The van der Waals surface area contributed by atoms with Crippen molar-refractivity contribution in [2.24, 2.45) is 0 Å². The van der Waals surface area contributed by atoms with Crippen molar-refractivity contribution in [2.45, 2.75) is 17.4 Å². The van der Waals surface area contributed by atoms with Crippen LogP contribution >= 0.6 is 11.6 Å². The third-order valence-corrected chi connectivity index (χ3v) is 5.81. The van der Waals surface area contributed by atoms with E-state index in [0.717, 1.165) is 0 Å². The Kier molecular flexibility index (Phi) is 4.07. The van der Waals surface area contributed by atoms with Gasteiger partial charge < -0.3 is 4.74 Å². The largest absolute Gasteiger partial charge is 0.495 e. The molecule has 1 atom stereocenters. The molecule has 22 heavy (non-hydrogen) atoms. The molecule has 1 fully saturated rings. The lowest BCUT2D eigenvalue weighted by atomic mass is 10.3. The average molecular weight is 343 g/mol. The molecule has 0 saturated carbocycles. The Bertz CT molecular complexity index is 764. The van der Waals surface area contributed by atoms with E-state index in [1.54, 1.807) is 29.2 Å². The standard InChI is InChI=1S/C13H15ClN4O3S/c1-21-12-3-2-10(14)8-13(12)22(19,20)17-6-4-11(9-17)18-7-5-15-16-18/h2-3,5,7-8,11H,4,6,9H2,1H3. The van der Waals surface area contributed by atoms with Gasteiger partial charge in [-0.3, -0.25) is 0 Å². The summed E-state index contributed by atoms with van der Waals surface area (Å²) in [5.41, 5.74) is 0. The summed E-state index contributed by atoms with van der Waals surface area (Å²) in [7, 11) is -2.23. The zero-order valence-corrected chi connectivity index (χ0v) is 13.5. The van der Waals surface area contributed by atoms with Gasteiger partial charge in [0, 0.05) is 24.3 Å². The second-order valence-electron chi connectivity index (χ2n) is 4.98. The molecule has 2 heterocycles. The first-order chi connectivity index (χ1) is 10.5. The van der Waals surface area contributed by atoms with Gasteiger partial charge in [0.25, 0.3) is 0 Å². The molecule has 2 aromatic rings. The number of halogens is 1. The number of ether oxygens (including phenoxy) is 1. The topological polar surface area (TPSA) is 77.3 Å². The zero-order valence-electron chi connectivity index (χ0n) is 11.9. The van der Waals surface area contributed by atoms with E-state index in [1.807, 2.05) is 0 Å². The van der Waals surface area contributed by atoms with Crippen LogP contribution in [0.4, 0.5) is 0 Å². The van der Waals surface area contributed by atoms with Gasteiger partial charge in [-0.1, -0.05) is 16.8 Å². The van der Waals surface area contributed by atoms with Crippen molar-refractivity contribution in [3.8, 4) is 5.75 Å². The molecule has 1 aromatic carbocycles. The summed E-state index contributed by atoms with van der Waals surface area (Å²) in [5.74, 6) is 0.286. The molecule has 118 valence electrons. The molecule has 0 N–H and O–H groups in total. The Morgan fingerprint density at radius 3 is 2.91 bits per heavy atom. The Balaban J connectivity index is 1.90. The predicted molar refractivity (Wildman–Crippen MR) is 80.4 cm³/mol. The third-order valence-electron chi connectivity index (χ3n) is 3.68. The van der Waals surface area contributed by atoms with E-state index in [4.69, 9.17) is 16.3 Å². The van der Waals surface area contributed by atoms with Crippen LogP contribution in [0.2, 0.25) is 5.02 Å². The Morgan fingerprint density at radius 1 is 1.41 bits per heavy atom. The van der Waals surface area contributed by atoms with Crippen molar-refractivity contribution in [2.75, 3.05) is 20.2 Å². The van der Waals surface area contributed by atoms with Crippen LogP contribution in [0.25, 0.3) is 0 Å². The molecule has 0 aliphatic carbocycles. The third kappa shape index (κ3) is 2.69. The number of sulfonamides is 1. The average Bonchev–Trinajstić information content (AvgIpc) is 3.18. The lowest BCUT2D eigenvalue weighted by Crippen LogP contribution is -2.29. The molecule has 0 radical (unpaired) electrons. The van der Waals surface area contributed by atoms with E-state index in [1.165, 1.54) is 17.5 Å². The first-order valence-corrected chi connectivity index (χ1v) is 8.53. The van der Waals surface area contributed by atoms with Crippen molar-refractivity contribution in [1.29, 1.82) is 0 Å². The normalized spacial score (nSPS) is 19.5. The highest BCUT2D eigenvalue weighted by Crippen LogP contribution is 2.33.